The van der Waals surface area contributed by atoms with E-state index in [0.717, 1.165) is 0 Å². The molecule has 0 radical (unpaired) electrons. The normalized spacial score (nSPS) is 25.2. The molecule has 4 amide bonds. The number of carbonyl (C=O) groups excluding carboxylic acids is 3. The average Bonchev–Trinajstić information content (AvgIpc) is 2.59. The number of urea groups is 1. The molecule has 2 N–H and O–H groups in total. The molecule has 0 aromatic rings. The van der Waals surface area contributed by atoms with E-state index in [0.29, 0.717) is 26.3 Å². The lowest BCUT2D eigenvalue weighted by Gasteiger charge is -2.27. The van der Waals surface area contributed by atoms with Gasteiger partial charge >= 0.3 is 6.03 Å². The summed E-state index contributed by atoms with van der Waals surface area (Å²) >= 11 is 0. The van der Waals surface area contributed by atoms with E-state index in [4.69, 9.17) is 4.74 Å². The van der Waals surface area contributed by atoms with Crippen LogP contribution in [0.4, 0.5) is 4.79 Å². The van der Waals surface area contributed by atoms with E-state index in [2.05, 4.69) is 10.6 Å². The minimum atomic E-state index is -0.733. The van der Waals surface area contributed by atoms with Crippen LogP contribution in [0.5, 0.6) is 0 Å². The second-order valence-electron chi connectivity index (χ2n) is 3.71. The fourth-order valence-corrected chi connectivity index (χ4v) is 1.72. The van der Waals surface area contributed by atoms with Crippen molar-refractivity contribution in [2.75, 3.05) is 26.3 Å². The third-order valence-corrected chi connectivity index (χ3v) is 2.60. The second kappa shape index (κ2) is 4.48. The Morgan fingerprint density at radius 2 is 2.06 bits per heavy atom. The van der Waals surface area contributed by atoms with Gasteiger partial charge in [0, 0.05) is 13.1 Å². The molecular formula is C9H13N3O4. The van der Waals surface area contributed by atoms with E-state index >= 15 is 0 Å². The number of amides is 4. The van der Waals surface area contributed by atoms with Crippen molar-refractivity contribution in [2.24, 2.45) is 0 Å². The molecule has 7 heteroatoms. The Morgan fingerprint density at radius 1 is 1.38 bits per heavy atom. The highest BCUT2D eigenvalue weighted by molar-refractivity contribution is 6.05. The van der Waals surface area contributed by atoms with Crippen molar-refractivity contribution < 1.29 is 19.1 Å². The van der Waals surface area contributed by atoms with Crippen LogP contribution in [0.3, 0.4) is 0 Å². The first-order chi connectivity index (χ1) is 7.66. The summed E-state index contributed by atoms with van der Waals surface area (Å²) in [6.07, 6.45) is 0.0115. The maximum absolute atomic E-state index is 11.7. The van der Waals surface area contributed by atoms with Gasteiger partial charge in [-0.25, -0.2) is 4.79 Å². The SMILES string of the molecule is O=C1NC(=O)[C@@H](CC(=O)N2CCOCC2)N1. The smallest absolute Gasteiger partial charge is 0.322 e. The van der Waals surface area contributed by atoms with E-state index in [-0.39, 0.29) is 12.3 Å². The molecule has 88 valence electrons. The molecular weight excluding hydrogens is 214 g/mol. The van der Waals surface area contributed by atoms with Crippen molar-refractivity contribution in [1.29, 1.82) is 0 Å². The zero-order chi connectivity index (χ0) is 11.5. The van der Waals surface area contributed by atoms with Crippen LogP contribution in [0.15, 0.2) is 0 Å². The van der Waals surface area contributed by atoms with Gasteiger partial charge in [0.15, 0.2) is 0 Å². The molecule has 0 aromatic carbocycles. The Labute approximate surface area is 92.1 Å². The molecule has 0 aliphatic carbocycles. The monoisotopic (exact) mass is 227 g/mol. The van der Waals surface area contributed by atoms with E-state index in [1.165, 1.54) is 0 Å². The fraction of sp³-hybridized carbons (Fsp3) is 0.667. The van der Waals surface area contributed by atoms with Crippen LogP contribution in [0.2, 0.25) is 0 Å². The number of nitrogens with zero attached hydrogens (tertiary/aromatic N) is 1. The van der Waals surface area contributed by atoms with Crippen molar-refractivity contribution in [3.05, 3.63) is 0 Å². The number of morpholine rings is 1. The maximum Gasteiger partial charge on any atom is 0.322 e. The predicted molar refractivity (Wildman–Crippen MR) is 52.5 cm³/mol. The summed E-state index contributed by atoms with van der Waals surface area (Å²) in [5.74, 6) is -0.572. The minimum absolute atomic E-state index is 0.0115. The van der Waals surface area contributed by atoms with Crippen LogP contribution < -0.4 is 10.6 Å². The highest BCUT2D eigenvalue weighted by Gasteiger charge is 2.32. The molecule has 1 atom stereocenters. The first-order valence-electron chi connectivity index (χ1n) is 5.13. The lowest BCUT2D eigenvalue weighted by molar-refractivity contribution is -0.137. The molecule has 2 aliphatic heterocycles. The van der Waals surface area contributed by atoms with E-state index < -0.39 is 18.0 Å². The summed E-state index contributed by atoms with van der Waals surface area (Å²) < 4.78 is 5.12. The molecule has 0 saturated carbocycles. The van der Waals surface area contributed by atoms with Gasteiger partial charge in [-0.15, -0.1) is 0 Å². The molecule has 0 unspecified atom stereocenters. The van der Waals surface area contributed by atoms with Gasteiger partial charge in [-0.05, 0) is 0 Å². The Kier molecular flexibility index (Phi) is 3.04. The zero-order valence-electron chi connectivity index (χ0n) is 8.69. The predicted octanol–water partition coefficient (Wildman–Crippen LogP) is -1.56. The Bertz CT molecular complexity index is 325. The molecule has 0 bridgehead atoms. The first-order valence-corrected chi connectivity index (χ1v) is 5.13. The van der Waals surface area contributed by atoms with Gasteiger partial charge in [-0.2, -0.15) is 0 Å². The van der Waals surface area contributed by atoms with Crippen molar-refractivity contribution in [3.63, 3.8) is 0 Å². The van der Waals surface area contributed by atoms with Crippen LogP contribution in [-0.4, -0.2) is 55.1 Å². The standard InChI is InChI=1S/C9H13N3O4/c13-7(12-1-3-16-4-2-12)5-6-8(14)11-9(15)10-6/h6H,1-5H2,(H2,10,11,14,15)/t6-/m1/s1. The van der Waals surface area contributed by atoms with Gasteiger partial charge in [-0.1, -0.05) is 0 Å². The van der Waals surface area contributed by atoms with Crippen LogP contribution in [0.25, 0.3) is 0 Å². The molecule has 2 heterocycles. The number of imide groups is 1. The van der Waals surface area contributed by atoms with Gasteiger partial charge in [0.1, 0.15) is 6.04 Å². The van der Waals surface area contributed by atoms with E-state index in [1.807, 2.05) is 0 Å². The molecule has 2 rings (SSSR count). The summed E-state index contributed by atoms with van der Waals surface area (Å²) in [7, 11) is 0. The third-order valence-electron chi connectivity index (χ3n) is 2.60. The molecule has 2 aliphatic rings. The topological polar surface area (TPSA) is 87.7 Å². The Morgan fingerprint density at radius 3 is 2.62 bits per heavy atom. The highest BCUT2D eigenvalue weighted by Crippen LogP contribution is 2.05. The molecule has 0 aromatic heterocycles. The first kappa shape index (κ1) is 10.9. The summed E-state index contributed by atoms with van der Waals surface area (Å²) in [4.78, 5) is 35.4. The van der Waals surface area contributed by atoms with Crippen molar-refractivity contribution in [1.82, 2.24) is 15.5 Å². The number of hydrogen-bond acceptors (Lipinski definition) is 4. The van der Waals surface area contributed by atoms with Crippen molar-refractivity contribution >= 4 is 17.8 Å². The zero-order valence-corrected chi connectivity index (χ0v) is 8.69. The third kappa shape index (κ3) is 2.30. The lowest BCUT2D eigenvalue weighted by atomic mass is 10.2. The Balaban J connectivity index is 1.86. The molecule has 0 spiro atoms. The van der Waals surface area contributed by atoms with Gasteiger partial charge in [0.05, 0.1) is 19.6 Å². The number of hydrogen-bond donors (Lipinski definition) is 2. The molecule has 2 fully saturated rings. The fourth-order valence-electron chi connectivity index (χ4n) is 1.72. The minimum Gasteiger partial charge on any atom is -0.378 e. The van der Waals surface area contributed by atoms with Gasteiger partial charge in [-0.3, -0.25) is 14.9 Å². The Hall–Kier alpha value is -1.63. The highest BCUT2D eigenvalue weighted by atomic mass is 16.5. The molecule has 16 heavy (non-hydrogen) atoms. The van der Waals surface area contributed by atoms with Gasteiger partial charge < -0.3 is 15.0 Å². The van der Waals surface area contributed by atoms with Crippen LogP contribution in [-0.2, 0) is 14.3 Å². The summed E-state index contributed by atoms with van der Waals surface area (Å²) in [6, 6.07) is -1.27. The average molecular weight is 227 g/mol. The number of ether oxygens (including phenoxy) is 1. The second-order valence-corrected chi connectivity index (χ2v) is 3.71. The van der Waals surface area contributed by atoms with Gasteiger partial charge in [0.25, 0.3) is 5.91 Å². The summed E-state index contributed by atoms with van der Waals surface area (Å²) in [5, 5.41) is 4.49. The maximum atomic E-state index is 11.7. The van der Waals surface area contributed by atoms with Crippen LogP contribution >= 0.6 is 0 Å². The summed E-state index contributed by atoms with van der Waals surface area (Å²) in [5.41, 5.74) is 0. The lowest BCUT2D eigenvalue weighted by Crippen LogP contribution is -2.44. The number of nitrogens with one attached hydrogen (secondary N) is 2. The number of carbonyl (C=O) groups is 3. The molecule has 2 saturated heterocycles. The largest absolute Gasteiger partial charge is 0.378 e. The number of rotatable bonds is 2. The van der Waals surface area contributed by atoms with Crippen molar-refractivity contribution in [3.8, 4) is 0 Å². The van der Waals surface area contributed by atoms with Gasteiger partial charge in [0.2, 0.25) is 5.91 Å². The van der Waals surface area contributed by atoms with Crippen LogP contribution in [0, 0.1) is 0 Å². The summed E-state index contributed by atoms with van der Waals surface area (Å²) in [6.45, 7) is 2.13. The van der Waals surface area contributed by atoms with E-state index in [1.54, 1.807) is 4.90 Å². The van der Waals surface area contributed by atoms with Crippen LogP contribution in [0.1, 0.15) is 6.42 Å². The van der Waals surface area contributed by atoms with E-state index in [9.17, 15) is 14.4 Å². The quantitative estimate of drug-likeness (QED) is 0.559. The molecule has 7 nitrogen and oxygen atoms in total. The van der Waals surface area contributed by atoms with Crippen molar-refractivity contribution in [2.45, 2.75) is 12.5 Å².